The van der Waals surface area contributed by atoms with Gasteiger partial charge in [-0.15, -0.1) is 0 Å². The maximum absolute atomic E-state index is 6.21. The number of hydrogen-bond acceptors (Lipinski definition) is 0. The van der Waals surface area contributed by atoms with Gasteiger partial charge in [0.1, 0.15) is 0 Å². The van der Waals surface area contributed by atoms with Gasteiger partial charge < -0.3 is 0 Å². The third-order valence-corrected chi connectivity index (χ3v) is 4.51. The van der Waals surface area contributed by atoms with E-state index in [1.807, 2.05) is 54.7 Å². The molecule has 0 saturated heterocycles. The summed E-state index contributed by atoms with van der Waals surface area (Å²) in [5, 5.41) is 1.45. The predicted octanol–water partition coefficient (Wildman–Crippen LogP) is 6.07. The molecule has 1 nitrogen and oxygen atoms in total. The SMILES string of the molecule is Clc1cccc(-c2cc3cccc[n+]3cc2-c2cccc(Cl)c2)c1. The van der Waals surface area contributed by atoms with E-state index >= 15 is 0 Å². The third-order valence-electron chi connectivity index (χ3n) is 4.04. The van der Waals surface area contributed by atoms with Crippen molar-refractivity contribution < 1.29 is 4.40 Å². The quantitative estimate of drug-likeness (QED) is 0.386. The largest absolute Gasteiger partial charge is 0.211 e. The van der Waals surface area contributed by atoms with Gasteiger partial charge in [0.05, 0.1) is 5.56 Å². The molecule has 116 valence electrons. The highest BCUT2D eigenvalue weighted by Gasteiger charge is 2.15. The summed E-state index contributed by atoms with van der Waals surface area (Å²) in [5.41, 5.74) is 5.53. The topological polar surface area (TPSA) is 4.10 Å². The molecule has 0 aliphatic heterocycles. The lowest BCUT2D eigenvalue weighted by molar-refractivity contribution is -0.511. The van der Waals surface area contributed by atoms with E-state index in [1.54, 1.807) is 0 Å². The minimum atomic E-state index is 0.725. The third kappa shape index (κ3) is 2.89. The van der Waals surface area contributed by atoms with E-state index in [0.29, 0.717) is 0 Å². The first kappa shape index (κ1) is 15.2. The number of nitrogens with zero attached hydrogens (tertiary/aromatic N) is 1. The lowest BCUT2D eigenvalue weighted by Crippen LogP contribution is -2.20. The van der Waals surface area contributed by atoms with Crippen LogP contribution in [0.1, 0.15) is 0 Å². The van der Waals surface area contributed by atoms with Gasteiger partial charge in [0.15, 0.2) is 12.4 Å². The summed E-state index contributed by atoms with van der Waals surface area (Å²) in [7, 11) is 0. The van der Waals surface area contributed by atoms with Gasteiger partial charge in [-0.2, -0.15) is 4.40 Å². The van der Waals surface area contributed by atoms with E-state index in [4.69, 9.17) is 23.2 Å². The fourth-order valence-corrected chi connectivity index (χ4v) is 3.30. The molecule has 4 rings (SSSR count). The number of benzene rings is 2. The fourth-order valence-electron chi connectivity index (χ4n) is 2.92. The Hall–Kier alpha value is -2.35. The molecular weight excluding hydrogens is 337 g/mol. The molecule has 2 aromatic heterocycles. The highest BCUT2D eigenvalue weighted by Crippen LogP contribution is 2.34. The highest BCUT2D eigenvalue weighted by atomic mass is 35.5. The summed E-state index contributed by atoms with van der Waals surface area (Å²) >= 11 is 12.4. The number of halogens is 2. The van der Waals surface area contributed by atoms with Gasteiger partial charge in [0, 0.05) is 33.8 Å². The van der Waals surface area contributed by atoms with Gasteiger partial charge in [-0.05, 0) is 41.5 Å². The first-order valence-corrected chi connectivity index (χ1v) is 8.42. The van der Waals surface area contributed by atoms with Gasteiger partial charge in [-0.25, -0.2) is 0 Å². The second-order valence-electron chi connectivity index (χ2n) is 5.65. The minimum Gasteiger partial charge on any atom is -0.167 e. The summed E-state index contributed by atoms with van der Waals surface area (Å²) in [4.78, 5) is 0. The van der Waals surface area contributed by atoms with Crippen molar-refractivity contribution >= 4 is 28.7 Å². The molecule has 0 radical (unpaired) electrons. The molecule has 0 N–H and O–H groups in total. The van der Waals surface area contributed by atoms with E-state index in [2.05, 4.69) is 34.9 Å². The Morgan fingerprint density at radius 1 is 0.625 bits per heavy atom. The van der Waals surface area contributed by atoms with Gasteiger partial charge in [-0.1, -0.05) is 47.5 Å². The Labute approximate surface area is 150 Å². The monoisotopic (exact) mass is 350 g/mol. The van der Waals surface area contributed by atoms with Crippen LogP contribution in [-0.2, 0) is 0 Å². The van der Waals surface area contributed by atoms with Crippen molar-refractivity contribution in [1.29, 1.82) is 0 Å². The van der Waals surface area contributed by atoms with E-state index in [0.717, 1.165) is 37.8 Å². The molecule has 0 spiro atoms. The molecule has 0 fully saturated rings. The zero-order valence-electron chi connectivity index (χ0n) is 12.8. The molecule has 2 heterocycles. The van der Waals surface area contributed by atoms with Crippen molar-refractivity contribution in [2.24, 2.45) is 0 Å². The summed E-state index contributed by atoms with van der Waals surface area (Å²) in [5.74, 6) is 0. The van der Waals surface area contributed by atoms with Crippen molar-refractivity contribution in [1.82, 2.24) is 0 Å². The van der Waals surface area contributed by atoms with Gasteiger partial charge in [-0.3, -0.25) is 0 Å². The molecule has 0 atom stereocenters. The van der Waals surface area contributed by atoms with Crippen LogP contribution in [0.3, 0.4) is 0 Å². The Morgan fingerprint density at radius 2 is 1.29 bits per heavy atom. The maximum Gasteiger partial charge on any atom is 0.211 e. The number of rotatable bonds is 2. The average molecular weight is 351 g/mol. The zero-order chi connectivity index (χ0) is 16.5. The molecule has 0 aliphatic rings. The zero-order valence-corrected chi connectivity index (χ0v) is 14.3. The Morgan fingerprint density at radius 3 is 1.96 bits per heavy atom. The molecule has 0 saturated carbocycles. The first-order valence-electron chi connectivity index (χ1n) is 7.67. The predicted molar refractivity (Wildman–Crippen MR) is 100 cm³/mol. The molecule has 0 bridgehead atoms. The summed E-state index contributed by atoms with van der Waals surface area (Å²) < 4.78 is 2.12. The highest BCUT2D eigenvalue weighted by molar-refractivity contribution is 6.31. The normalized spacial score (nSPS) is 10.9. The van der Waals surface area contributed by atoms with Crippen molar-refractivity contribution in [3.05, 3.63) is 95.2 Å². The Kier molecular flexibility index (Phi) is 3.97. The Balaban J connectivity index is 2.04. The van der Waals surface area contributed by atoms with E-state index in [1.165, 1.54) is 0 Å². The number of aromatic nitrogens is 1. The molecule has 0 amide bonds. The van der Waals surface area contributed by atoms with Crippen LogP contribution in [0.15, 0.2) is 85.2 Å². The lowest BCUT2D eigenvalue weighted by atomic mass is 9.96. The van der Waals surface area contributed by atoms with E-state index < -0.39 is 0 Å². The van der Waals surface area contributed by atoms with Crippen molar-refractivity contribution in [3.63, 3.8) is 0 Å². The van der Waals surface area contributed by atoms with Crippen LogP contribution in [0.4, 0.5) is 0 Å². The molecule has 0 unspecified atom stereocenters. The molecular formula is C21H14Cl2N+. The van der Waals surface area contributed by atoms with Crippen LogP contribution >= 0.6 is 23.2 Å². The Bertz CT molecular complexity index is 957. The van der Waals surface area contributed by atoms with Crippen LogP contribution in [0.5, 0.6) is 0 Å². The van der Waals surface area contributed by atoms with Crippen LogP contribution < -0.4 is 4.40 Å². The molecule has 24 heavy (non-hydrogen) atoms. The second kappa shape index (κ2) is 6.27. The van der Waals surface area contributed by atoms with E-state index in [9.17, 15) is 0 Å². The summed E-state index contributed by atoms with van der Waals surface area (Å²) in [6.45, 7) is 0. The van der Waals surface area contributed by atoms with Crippen LogP contribution in [-0.4, -0.2) is 0 Å². The van der Waals surface area contributed by atoms with E-state index in [-0.39, 0.29) is 0 Å². The van der Waals surface area contributed by atoms with Crippen LogP contribution in [0.2, 0.25) is 10.0 Å². The molecule has 2 aromatic carbocycles. The van der Waals surface area contributed by atoms with Gasteiger partial charge >= 0.3 is 0 Å². The number of fused-ring (bicyclic) bond motifs is 1. The van der Waals surface area contributed by atoms with Crippen molar-refractivity contribution in [3.8, 4) is 22.3 Å². The van der Waals surface area contributed by atoms with Gasteiger partial charge in [0.25, 0.3) is 0 Å². The summed E-state index contributed by atoms with van der Waals surface area (Å²) in [6.07, 6.45) is 4.18. The molecule has 0 aliphatic carbocycles. The summed E-state index contributed by atoms with van der Waals surface area (Å²) in [6, 6.07) is 24.2. The van der Waals surface area contributed by atoms with Crippen LogP contribution in [0, 0.1) is 0 Å². The molecule has 4 aromatic rings. The first-order chi connectivity index (χ1) is 11.7. The van der Waals surface area contributed by atoms with Crippen molar-refractivity contribution in [2.45, 2.75) is 0 Å². The van der Waals surface area contributed by atoms with Gasteiger partial charge in [0.2, 0.25) is 5.52 Å². The molecule has 3 heteroatoms. The second-order valence-corrected chi connectivity index (χ2v) is 6.53. The lowest BCUT2D eigenvalue weighted by Gasteiger charge is -2.09. The van der Waals surface area contributed by atoms with Crippen molar-refractivity contribution in [2.75, 3.05) is 0 Å². The smallest absolute Gasteiger partial charge is 0.167 e. The minimum absolute atomic E-state index is 0.725. The standard InChI is InChI=1S/C21H14Cl2N/c22-17-7-3-5-15(11-17)20-13-19-9-1-2-10-24(19)14-21(20)16-6-4-8-18(23)12-16/h1-14H/q+1. The maximum atomic E-state index is 6.21. The average Bonchev–Trinajstić information content (AvgIpc) is 2.60. The number of hydrogen-bond donors (Lipinski definition) is 0. The number of pyridine rings is 2. The fraction of sp³-hybridized carbons (Fsp3) is 0. The van der Waals surface area contributed by atoms with Crippen LogP contribution in [0.25, 0.3) is 27.8 Å².